The van der Waals surface area contributed by atoms with Crippen molar-refractivity contribution in [1.29, 1.82) is 0 Å². The van der Waals surface area contributed by atoms with Crippen molar-refractivity contribution in [2.24, 2.45) is 0 Å². The van der Waals surface area contributed by atoms with Crippen LogP contribution in [-0.2, 0) is 6.42 Å². The molecule has 0 aromatic carbocycles. The van der Waals surface area contributed by atoms with Gasteiger partial charge in [-0.25, -0.2) is 4.98 Å². The van der Waals surface area contributed by atoms with E-state index < -0.39 is 0 Å². The molecule has 3 aromatic rings. The van der Waals surface area contributed by atoms with E-state index in [0.29, 0.717) is 10.9 Å². The fourth-order valence-electron chi connectivity index (χ4n) is 1.81. The highest BCUT2D eigenvalue weighted by Gasteiger charge is 2.16. The Balaban J connectivity index is 2.16. The van der Waals surface area contributed by atoms with E-state index in [1.807, 2.05) is 6.92 Å². The summed E-state index contributed by atoms with van der Waals surface area (Å²) in [6, 6.07) is 0. The minimum atomic E-state index is 0.459. The number of hydrogen-bond donors (Lipinski definition) is 1. The summed E-state index contributed by atoms with van der Waals surface area (Å²) in [5, 5.41) is 13.5. The second kappa shape index (κ2) is 4.74. The molecule has 0 aliphatic heterocycles. The van der Waals surface area contributed by atoms with Gasteiger partial charge in [-0.05, 0) is 25.1 Å². The lowest BCUT2D eigenvalue weighted by Crippen LogP contribution is -2.04. The molecule has 0 aliphatic rings. The molecular weight excluding hydrogens is 282 g/mol. The number of aromatic nitrogens is 6. The lowest BCUT2D eigenvalue weighted by Gasteiger charge is -2.09. The van der Waals surface area contributed by atoms with Crippen molar-refractivity contribution in [2.45, 2.75) is 29.6 Å². The molecule has 0 atom stereocenters. The van der Waals surface area contributed by atoms with Crippen LogP contribution in [0.3, 0.4) is 0 Å². The largest absolute Gasteiger partial charge is 0.374 e. The first kappa shape index (κ1) is 12.3. The van der Waals surface area contributed by atoms with E-state index in [1.54, 1.807) is 4.52 Å². The maximum Gasteiger partial charge on any atom is 0.253 e. The van der Waals surface area contributed by atoms with Crippen LogP contribution in [0.5, 0.6) is 0 Å². The number of nitrogens with zero attached hydrogens (tertiary/aromatic N) is 6. The number of fused-ring (bicyclic) bond motifs is 1. The van der Waals surface area contributed by atoms with Gasteiger partial charge in [0.1, 0.15) is 11.4 Å². The van der Waals surface area contributed by atoms with Gasteiger partial charge in [-0.15, -0.1) is 10.2 Å². The number of hydrogen-bond acceptors (Lipinski definition) is 8. The average Bonchev–Trinajstić information content (AvgIpc) is 2.98. The van der Waals surface area contributed by atoms with E-state index >= 15 is 0 Å². The summed E-state index contributed by atoms with van der Waals surface area (Å²) in [7, 11) is 0. The molecule has 0 fully saturated rings. The summed E-state index contributed by atoms with van der Waals surface area (Å²) in [6.45, 7) is 4.07. The number of rotatable bonds is 3. The van der Waals surface area contributed by atoms with Crippen LogP contribution in [0.2, 0.25) is 0 Å². The molecule has 3 rings (SSSR count). The smallest absolute Gasteiger partial charge is 0.253 e. The summed E-state index contributed by atoms with van der Waals surface area (Å²) in [6.07, 6.45) is 2.37. The summed E-state index contributed by atoms with van der Waals surface area (Å²) in [5.74, 6) is 0.592. The van der Waals surface area contributed by atoms with E-state index in [1.165, 1.54) is 29.4 Å². The van der Waals surface area contributed by atoms with Gasteiger partial charge in [-0.1, -0.05) is 18.3 Å². The minimum Gasteiger partial charge on any atom is -0.374 e. The number of nitrogen functional groups attached to an aromatic ring is 1. The zero-order chi connectivity index (χ0) is 13.4. The molecule has 0 bridgehead atoms. The minimum absolute atomic E-state index is 0.459. The van der Waals surface area contributed by atoms with Gasteiger partial charge < -0.3 is 5.73 Å². The van der Waals surface area contributed by atoms with E-state index in [9.17, 15) is 0 Å². The topological polar surface area (TPSA) is 94.9 Å². The van der Waals surface area contributed by atoms with Crippen molar-refractivity contribution in [3.05, 3.63) is 17.6 Å². The summed E-state index contributed by atoms with van der Waals surface area (Å²) >= 11 is 2.85. The van der Waals surface area contributed by atoms with Crippen molar-refractivity contribution >= 4 is 34.0 Å². The van der Waals surface area contributed by atoms with Crippen molar-refractivity contribution in [3.8, 4) is 0 Å². The molecule has 2 N–H and O–H groups in total. The Morgan fingerprint density at radius 2 is 2.26 bits per heavy atom. The van der Waals surface area contributed by atoms with Crippen LogP contribution < -0.4 is 5.73 Å². The maximum absolute atomic E-state index is 5.61. The van der Waals surface area contributed by atoms with Crippen LogP contribution in [0, 0.1) is 6.92 Å². The maximum atomic E-state index is 5.61. The van der Waals surface area contributed by atoms with Gasteiger partial charge in [-0.3, -0.25) is 0 Å². The highest BCUT2D eigenvalue weighted by molar-refractivity contribution is 8.01. The molecule has 3 heterocycles. The molecule has 9 heteroatoms. The molecule has 0 spiro atoms. The lowest BCUT2D eigenvalue weighted by atomic mass is 10.2. The van der Waals surface area contributed by atoms with Crippen molar-refractivity contribution < 1.29 is 0 Å². The molecule has 0 radical (unpaired) electrons. The second-order valence-corrected chi connectivity index (χ2v) is 6.06. The number of nitrogens with two attached hydrogens (primary N) is 1. The highest BCUT2D eigenvalue weighted by Crippen LogP contribution is 2.34. The molecule has 98 valence electrons. The van der Waals surface area contributed by atoms with Crippen molar-refractivity contribution in [2.75, 3.05) is 5.73 Å². The molecule has 0 amide bonds. The fourth-order valence-corrected chi connectivity index (χ4v) is 3.69. The normalized spacial score (nSPS) is 11.3. The van der Waals surface area contributed by atoms with Crippen molar-refractivity contribution in [1.82, 2.24) is 29.8 Å². The Morgan fingerprint density at radius 3 is 2.95 bits per heavy atom. The molecule has 0 saturated heterocycles. The molecule has 0 unspecified atom stereocenters. The zero-order valence-corrected chi connectivity index (χ0v) is 12.0. The molecule has 3 aromatic heterocycles. The molecular formula is C10H11N7S2. The predicted molar refractivity (Wildman–Crippen MR) is 73.3 cm³/mol. The van der Waals surface area contributed by atoms with Gasteiger partial charge in [0.25, 0.3) is 5.78 Å². The van der Waals surface area contributed by atoms with Gasteiger partial charge in [-0.2, -0.15) is 14.6 Å². The number of anilines is 1. The third-order valence-electron chi connectivity index (χ3n) is 2.64. The third-order valence-corrected chi connectivity index (χ3v) is 4.56. The average molecular weight is 293 g/mol. The van der Waals surface area contributed by atoms with Crippen LogP contribution in [-0.4, -0.2) is 29.8 Å². The van der Waals surface area contributed by atoms with Crippen LogP contribution in [0.25, 0.3) is 5.78 Å². The van der Waals surface area contributed by atoms with Gasteiger partial charge in [0, 0.05) is 11.3 Å². The van der Waals surface area contributed by atoms with E-state index in [-0.39, 0.29) is 0 Å². The highest BCUT2D eigenvalue weighted by atomic mass is 32.2. The van der Waals surface area contributed by atoms with Crippen LogP contribution >= 0.6 is 23.1 Å². The summed E-state index contributed by atoms with van der Waals surface area (Å²) in [5.41, 5.74) is 7.71. The van der Waals surface area contributed by atoms with Gasteiger partial charge in [0.05, 0.1) is 0 Å². The van der Waals surface area contributed by atoms with Gasteiger partial charge >= 0.3 is 0 Å². The Labute approximate surface area is 117 Å². The standard InChI is InChI=1S/C10H11N7S2/c1-3-6-5(2)14-9-12-4-13-17(9)7(6)18-10-16-15-8(11)19-10/h4H,3H2,1-2H3,(H2,11,15). The molecule has 19 heavy (non-hydrogen) atoms. The zero-order valence-electron chi connectivity index (χ0n) is 10.4. The molecule has 0 aliphatic carbocycles. The second-order valence-electron chi connectivity index (χ2n) is 3.81. The fraction of sp³-hybridized carbons (Fsp3) is 0.300. The molecule has 7 nitrogen and oxygen atoms in total. The van der Waals surface area contributed by atoms with Gasteiger partial charge in [0.15, 0.2) is 4.34 Å². The first-order valence-corrected chi connectivity index (χ1v) is 7.28. The quantitative estimate of drug-likeness (QED) is 0.732. The Morgan fingerprint density at radius 1 is 1.42 bits per heavy atom. The van der Waals surface area contributed by atoms with Crippen LogP contribution in [0.4, 0.5) is 5.13 Å². The first-order chi connectivity index (χ1) is 9.19. The monoisotopic (exact) mass is 293 g/mol. The van der Waals surface area contributed by atoms with E-state index in [2.05, 4.69) is 32.2 Å². The summed E-state index contributed by atoms with van der Waals surface area (Å²) < 4.78 is 2.52. The van der Waals surface area contributed by atoms with Crippen LogP contribution in [0.15, 0.2) is 15.7 Å². The number of aryl methyl sites for hydroxylation is 1. The molecule has 0 saturated carbocycles. The van der Waals surface area contributed by atoms with E-state index in [0.717, 1.165) is 27.0 Å². The van der Waals surface area contributed by atoms with E-state index in [4.69, 9.17) is 5.73 Å². The summed E-state index contributed by atoms with van der Waals surface area (Å²) in [4.78, 5) is 8.57. The van der Waals surface area contributed by atoms with Crippen molar-refractivity contribution in [3.63, 3.8) is 0 Å². The lowest BCUT2D eigenvalue weighted by molar-refractivity contribution is 0.794. The SMILES string of the molecule is CCc1c(C)nc2ncnn2c1Sc1nnc(N)s1. The first-order valence-electron chi connectivity index (χ1n) is 5.65. The predicted octanol–water partition coefficient (Wildman–Crippen LogP) is 1.58. The van der Waals surface area contributed by atoms with Crippen LogP contribution in [0.1, 0.15) is 18.2 Å². The Hall–Kier alpha value is -1.74. The Kier molecular flexibility index (Phi) is 3.07. The third kappa shape index (κ3) is 2.15. The Bertz CT molecular complexity index is 733. The van der Waals surface area contributed by atoms with Gasteiger partial charge in [0.2, 0.25) is 5.13 Å².